The van der Waals surface area contributed by atoms with Crippen LogP contribution in [0.2, 0.25) is 0 Å². The van der Waals surface area contributed by atoms with Crippen molar-refractivity contribution >= 4 is 5.91 Å². The lowest BCUT2D eigenvalue weighted by atomic mass is 10.0. The average molecular weight is 308 g/mol. The minimum Gasteiger partial charge on any atom is -0.369 e. The summed E-state index contributed by atoms with van der Waals surface area (Å²) in [7, 11) is 1.78. The third kappa shape index (κ3) is 3.45. The smallest absolute Gasteiger partial charge is 0.248 e. The zero-order valence-electron chi connectivity index (χ0n) is 12.8. The van der Waals surface area contributed by atoms with Gasteiger partial charge in [0.2, 0.25) is 5.91 Å². The predicted molar refractivity (Wildman–Crippen MR) is 78.8 cm³/mol. The summed E-state index contributed by atoms with van der Waals surface area (Å²) in [5, 5.41) is 0. The Kier molecular flexibility index (Phi) is 4.42. The number of carbonyl (C=O) groups excluding carboxylic acids is 1. The lowest BCUT2D eigenvalue weighted by Gasteiger charge is -2.42. The third-order valence-electron chi connectivity index (χ3n) is 4.19. The van der Waals surface area contributed by atoms with Gasteiger partial charge in [-0.1, -0.05) is 12.1 Å². The average Bonchev–Trinajstić information content (AvgIpc) is 2.61. The highest BCUT2D eigenvalue weighted by Crippen LogP contribution is 2.23. The molecule has 0 radical (unpaired) electrons. The molecule has 1 aromatic rings. The maximum atomic E-state index is 13.0. The van der Waals surface area contributed by atoms with Crippen molar-refractivity contribution in [3.8, 4) is 0 Å². The largest absolute Gasteiger partial charge is 0.369 e. The van der Waals surface area contributed by atoms with Crippen LogP contribution in [-0.4, -0.2) is 67.8 Å². The van der Waals surface area contributed by atoms with E-state index in [0.29, 0.717) is 26.3 Å². The number of hydrogen-bond donors (Lipinski definition) is 0. The molecule has 2 aliphatic heterocycles. The van der Waals surface area contributed by atoms with Crippen molar-refractivity contribution in [1.29, 1.82) is 0 Å². The molecule has 5 nitrogen and oxygen atoms in total. The van der Waals surface area contributed by atoms with Gasteiger partial charge in [0.25, 0.3) is 0 Å². The second-order valence-electron chi connectivity index (χ2n) is 6.11. The number of benzene rings is 1. The van der Waals surface area contributed by atoms with Crippen LogP contribution in [0.4, 0.5) is 4.39 Å². The summed E-state index contributed by atoms with van der Waals surface area (Å²) in [5.41, 5.74) is 0.594. The van der Waals surface area contributed by atoms with Crippen molar-refractivity contribution in [3.63, 3.8) is 0 Å². The summed E-state index contributed by atoms with van der Waals surface area (Å²) in [6.07, 6.45) is 0. The Morgan fingerprint density at radius 2 is 2.05 bits per heavy atom. The van der Waals surface area contributed by atoms with Gasteiger partial charge in [0.05, 0.1) is 19.8 Å². The summed E-state index contributed by atoms with van der Waals surface area (Å²) >= 11 is 0. The molecular formula is C16H21FN2O3. The maximum absolute atomic E-state index is 13.0. The van der Waals surface area contributed by atoms with Crippen LogP contribution in [-0.2, 0) is 20.8 Å². The Morgan fingerprint density at radius 1 is 1.27 bits per heavy atom. The van der Waals surface area contributed by atoms with Gasteiger partial charge >= 0.3 is 0 Å². The van der Waals surface area contributed by atoms with Crippen molar-refractivity contribution in [2.45, 2.75) is 12.1 Å². The van der Waals surface area contributed by atoms with Crippen LogP contribution in [0.3, 0.4) is 0 Å². The maximum Gasteiger partial charge on any atom is 0.248 e. The van der Waals surface area contributed by atoms with E-state index in [0.717, 1.165) is 18.7 Å². The lowest BCUT2D eigenvalue weighted by molar-refractivity contribution is -0.143. The molecule has 120 valence electrons. The van der Waals surface area contributed by atoms with Gasteiger partial charge in [-0.25, -0.2) is 4.39 Å². The highest BCUT2D eigenvalue weighted by atomic mass is 19.1. The summed E-state index contributed by atoms with van der Waals surface area (Å²) in [5.74, 6) is -0.240. The molecule has 2 saturated heterocycles. The fourth-order valence-corrected chi connectivity index (χ4v) is 3.09. The fraction of sp³-hybridized carbons (Fsp3) is 0.562. The lowest BCUT2D eigenvalue weighted by Crippen LogP contribution is -2.58. The van der Waals surface area contributed by atoms with Gasteiger partial charge in [0.1, 0.15) is 18.0 Å². The van der Waals surface area contributed by atoms with Crippen LogP contribution >= 0.6 is 0 Å². The van der Waals surface area contributed by atoms with Crippen LogP contribution in [0.15, 0.2) is 24.3 Å². The van der Waals surface area contributed by atoms with Crippen LogP contribution in [0.1, 0.15) is 5.56 Å². The van der Waals surface area contributed by atoms with E-state index in [4.69, 9.17) is 9.47 Å². The molecule has 1 aromatic carbocycles. The standard InChI is InChI=1S/C16H21FN2O3/c1-18-10-16(12-21-9-15(18)20)11-19(6-7-22-16)8-13-2-4-14(17)5-3-13/h2-5H,6-12H2,1H3. The molecule has 2 aliphatic rings. The number of halogens is 1. The molecule has 2 fully saturated rings. The van der Waals surface area contributed by atoms with Gasteiger partial charge in [-0.2, -0.15) is 0 Å². The van der Waals surface area contributed by atoms with Gasteiger partial charge in [-0.3, -0.25) is 9.69 Å². The minimum atomic E-state index is -0.473. The number of morpholine rings is 1. The zero-order chi connectivity index (χ0) is 15.6. The molecule has 0 saturated carbocycles. The highest BCUT2D eigenvalue weighted by Gasteiger charge is 2.41. The summed E-state index contributed by atoms with van der Waals surface area (Å²) in [4.78, 5) is 15.7. The first-order valence-electron chi connectivity index (χ1n) is 7.49. The van der Waals surface area contributed by atoms with Crippen molar-refractivity contribution in [1.82, 2.24) is 9.80 Å². The van der Waals surface area contributed by atoms with Gasteiger partial charge in [0.15, 0.2) is 0 Å². The van der Waals surface area contributed by atoms with Crippen LogP contribution in [0.5, 0.6) is 0 Å². The molecule has 0 aliphatic carbocycles. The number of ether oxygens (including phenoxy) is 2. The molecule has 0 bridgehead atoms. The first-order chi connectivity index (χ1) is 10.6. The number of amides is 1. The normalized spacial score (nSPS) is 27.2. The second kappa shape index (κ2) is 6.32. The van der Waals surface area contributed by atoms with E-state index < -0.39 is 5.60 Å². The van der Waals surface area contributed by atoms with E-state index in [-0.39, 0.29) is 18.3 Å². The van der Waals surface area contributed by atoms with Crippen LogP contribution in [0.25, 0.3) is 0 Å². The van der Waals surface area contributed by atoms with Gasteiger partial charge in [0, 0.05) is 26.7 Å². The highest BCUT2D eigenvalue weighted by molar-refractivity contribution is 5.77. The molecule has 0 N–H and O–H groups in total. The first kappa shape index (κ1) is 15.4. The molecule has 1 amide bonds. The van der Waals surface area contributed by atoms with E-state index in [2.05, 4.69) is 4.90 Å². The van der Waals surface area contributed by atoms with E-state index in [1.54, 1.807) is 24.1 Å². The Hall–Kier alpha value is -1.50. The SMILES string of the molecule is CN1CC2(COCC1=O)CN(Cc1ccc(F)cc1)CCO2. The molecule has 6 heteroatoms. The number of nitrogens with zero attached hydrogens (tertiary/aromatic N) is 2. The Labute approximate surface area is 129 Å². The van der Waals surface area contributed by atoms with Gasteiger partial charge in [-0.05, 0) is 17.7 Å². The zero-order valence-corrected chi connectivity index (χ0v) is 12.8. The first-order valence-corrected chi connectivity index (χ1v) is 7.49. The van der Waals surface area contributed by atoms with Crippen molar-refractivity contribution < 1.29 is 18.7 Å². The van der Waals surface area contributed by atoms with Crippen molar-refractivity contribution in [2.75, 3.05) is 46.5 Å². The topological polar surface area (TPSA) is 42.0 Å². The Morgan fingerprint density at radius 3 is 2.82 bits per heavy atom. The summed E-state index contributed by atoms with van der Waals surface area (Å²) in [6, 6.07) is 6.56. The summed E-state index contributed by atoms with van der Waals surface area (Å²) < 4.78 is 24.5. The molecular weight excluding hydrogens is 287 g/mol. The fourth-order valence-electron chi connectivity index (χ4n) is 3.09. The number of carbonyl (C=O) groups is 1. The van der Waals surface area contributed by atoms with E-state index in [9.17, 15) is 9.18 Å². The van der Waals surface area contributed by atoms with Crippen molar-refractivity contribution in [3.05, 3.63) is 35.6 Å². The number of rotatable bonds is 2. The summed E-state index contributed by atoms with van der Waals surface area (Å²) in [6.45, 7) is 3.92. The van der Waals surface area contributed by atoms with E-state index >= 15 is 0 Å². The Bertz CT molecular complexity index is 537. The third-order valence-corrected chi connectivity index (χ3v) is 4.19. The molecule has 1 spiro atoms. The minimum absolute atomic E-state index is 0.0175. The second-order valence-corrected chi connectivity index (χ2v) is 6.11. The molecule has 22 heavy (non-hydrogen) atoms. The predicted octanol–water partition coefficient (Wildman–Crippen LogP) is 0.885. The van der Waals surface area contributed by atoms with E-state index in [1.165, 1.54) is 12.1 Å². The molecule has 3 rings (SSSR count). The van der Waals surface area contributed by atoms with Crippen LogP contribution < -0.4 is 0 Å². The molecule has 0 aromatic heterocycles. The molecule has 1 atom stereocenters. The molecule has 2 heterocycles. The quantitative estimate of drug-likeness (QED) is 0.813. The number of likely N-dealkylation sites (N-methyl/N-ethyl adjacent to an activating group) is 1. The van der Waals surface area contributed by atoms with E-state index in [1.807, 2.05) is 0 Å². The van der Waals surface area contributed by atoms with Crippen LogP contribution in [0, 0.1) is 5.82 Å². The van der Waals surface area contributed by atoms with Gasteiger partial charge in [-0.15, -0.1) is 0 Å². The molecule has 1 unspecified atom stereocenters. The monoisotopic (exact) mass is 308 g/mol. The van der Waals surface area contributed by atoms with Crippen molar-refractivity contribution in [2.24, 2.45) is 0 Å². The Balaban J connectivity index is 1.68. The number of hydrogen-bond acceptors (Lipinski definition) is 4. The van der Waals surface area contributed by atoms with Gasteiger partial charge < -0.3 is 14.4 Å².